The Morgan fingerprint density at radius 2 is 1.87 bits per heavy atom. The predicted molar refractivity (Wildman–Crippen MR) is 117 cm³/mol. The van der Waals surface area contributed by atoms with E-state index in [9.17, 15) is 9.18 Å². The van der Waals surface area contributed by atoms with Crippen molar-refractivity contribution in [2.45, 2.75) is 57.0 Å². The normalized spacial score (nSPS) is 16.5. The van der Waals surface area contributed by atoms with E-state index in [4.69, 9.17) is 0 Å². The lowest BCUT2D eigenvalue weighted by Crippen LogP contribution is -2.42. The highest BCUT2D eigenvalue weighted by molar-refractivity contribution is 7.98. The maximum atomic E-state index is 13.4. The van der Waals surface area contributed by atoms with Gasteiger partial charge in [-0.15, -0.1) is 5.10 Å². The molecular formula is C22H25FN6OS. The molecule has 1 atom stereocenters. The number of rotatable bonds is 5. The molecule has 1 aliphatic heterocycles. The zero-order valence-corrected chi connectivity index (χ0v) is 18.7. The van der Waals surface area contributed by atoms with E-state index in [0.717, 1.165) is 37.2 Å². The third-order valence-electron chi connectivity index (χ3n) is 5.40. The van der Waals surface area contributed by atoms with Crippen molar-refractivity contribution in [3.05, 3.63) is 58.9 Å². The van der Waals surface area contributed by atoms with Crippen LogP contribution in [0.4, 0.5) is 4.39 Å². The standard InChI is InChI=1S/C22H25FN6OS/c1-14-12-15(2)25-22(24-14)31-13-19-20(21(30)28-11-5-4-6-16(28)3)26-27-29(19)18-9-7-17(23)8-10-18/h7-10,12,16H,4-6,11,13H2,1-3H3. The molecule has 1 fully saturated rings. The van der Waals surface area contributed by atoms with E-state index >= 15 is 0 Å². The summed E-state index contributed by atoms with van der Waals surface area (Å²) in [5.74, 6) is -0.0318. The molecule has 0 radical (unpaired) electrons. The first kappa shape index (κ1) is 21.4. The number of nitrogens with zero attached hydrogens (tertiary/aromatic N) is 6. The van der Waals surface area contributed by atoms with Crippen LogP contribution in [-0.4, -0.2) is 48.4 Å². The van der Waals surface area contributed by atoms with Gasteiger partial charge in [-0.05, 0) is 70.4 Å². The molecule has 1 unspecified atom stereocenters. The molecule has 9 heteroatoms. The minimum Gasteiger partial charge on any atom is -0.334 e. The Kier molecular flexibility index (Phi) is 6.31. The number of carbonyl (C=O) groups excluding carboxylic acids is 1. The van der Waals surface area contributed by atoms with Gasteiger partial charge in [0.15, 0.2) is 10.9 Å². The van der Waals surface area contributed by atoms with E-state index < -0.39 is 0 Å². The lowest BCUT2D eigenvalue weighted by molar-refractivity contribution is 0.0628. The van der Waals surface area contributed by atoms with Crippen molar-refractivity contribution < 1.29 is 9.18 Å². The van der Waals surface area contributed by atoms with Crippen LogP contribution in [0.1, 0.15) is 53.8 Å². The third kappa shape index (κ3) is 4.76. The second-order valence-electron chi connectivity index (χ2n) is 7.84. The first-order valence-electron chi connectivity index (χ1n) is 10.4. The van der Waals surface area contributed by atoms with E-state index in [1.165, 1.54) is 23.9 Å². The molecule has 31 heavy (non-hydrogen) atoms. The smallest absolute Gasteiger partial charge is 0.276 e. The summed E-state index contributed by atoms with van der Waals surface area (Å²) in [5.41, 5.74) is 3.41. The Bertz CT molecular complexity index is 1060. The van der Waals surface area contributed by atoms with Gasteiger partial charge in [-0.2, -0.15) is 0 Å². The number of hydrogen-bond acceptors (Lipinski definition) is 6. The summed E-state index contributed by atoms with van der Waals surface area (Å²) < 4.78 is 15.0. The van der Waals surface area contributed by atoms with Crippen molar-refractivity contribution in [2.75, 3.05) is 6.54 Å². The highest BCUT2D eigenvalue weighted by Gasteiger charge is 2.29. The Morgan fingerprint density at radius 1 is 1.16 bits per heavy atom. The fourth-order valence-electron chi connectivity index (χ4n) is 3.81. The highest BCUT2D eigenvalue weighted by Crippen LogP contribution is 2.26. The van der Waals surface area contributed by atoms with E-state index in [1.807, 2.05) is 24.8 Å². The summed E-state index contributed by atoms with van der Waals surface area (Å²) in [5, 5.41) is 9.13. The number of benzene rings is 1. The van der Waals surface area contributed by atoms with Crippen molar-refractivity contribution in [2.24, 2.45) is 0 Å². The van der Waals surface area contributed by atoms with Crippen LogP contribution >= 0.6 is 11.8 Å². The van der Waals surface area contributed by atoms with Crippen LogP contribution in [0, 0.1) is 19.7 Å². The number of aryl methyl sites for hydroxylation is 2. The van der Waals surface area contributed by atoms with Crippen LogP contribution in [0.15, 0.2) is 35.5 Å². The quantitative estimate of drug-likeness (QED) is 0.439. The molecule has 1 aliphatic rings. The average molecular weight is 441 g/mol. The summed E-state index contributed by atoms with van der Waals surface area (Å²) in [7, 11) is 0. The average Bonchev–Trinajstić information content (AvgIpc) is 3.16. The molecule has 3 aromatic rings. The minimum atomic E-state index is -0.332. The van der Waals surface area contributed by atoms with Gasteiger partial charge in [-0.1, -0.05) is 17.0 Å². The maximum absolute atomic E-state index is 13.4. The number of likely N-dealkylation sites (tertiary alicyclic amines) is 1. The van der Waals surface area contributed by atoms with E-state index in [0.29, 0.717) is 28.0 Å². The van der Waals surface area contributed by atoms with Crippen LogP contribution in [-0.2, 0) is 5.75 Å². The van der Waals surface area contributed by atoms with E-state index in [-0.39, 0.29) is 17.8 Å². The highest BCUT2D eigenvalue weighted by atomic mass is 32.2. The molecule has 1 aromatic carbocycles. The second kappa shape index (κ2) is 9.13. The zero-order valence-electron chi connectivity index (χ0n) is 17.9. The molecule has 162 valence electrons. The maximum Gasteiger partial charge on any atom is 0.276 e. The molecule has 0 aliphatic carbocycles. The molecule has 0 saturated carbocycles. The first-order valence-corrected chi connectivity index (χ1v) is 11.4. The van der Waals surface area contributed by atoms with Crippen molar-refractivity contribution >= 4 is 17.7 Å². The molecule has 0 bridgehead atoms. The molecule has 2 aromatic heterocycles. The Labute approximate surface area is 185 Å². The number of aromatic nitrogens is 5. The van der Waals surface area contributed by atoms with E-state index in [2.05, 4.69) is 27.2 Å². The van der Waals surface area contributed by atoms with Gasteiger partial charge in [0, 0.05) is 29.7 Å². The fourth-order valence-corrected chi connectivity index (χ4v) is 4.76. The number of amides is 1. The van der Waals surface area contributed by atoms with Gasteiger partial charge in [0.05, 0.1) is 11.4 Å². The fraction of sp³-hybridized carbons (Fsp3) is 0.409. The minimum absolute atomic E-state index is 0.113. The number of thioether (sulfide) groups is 1. The molecule has 4 rings (SSSR count). The predicted octanol–water partition coefficient (Wildman–Crippen LogP) is 4.12. The van der Waals surface area contributed by atoms with Gasteiger partial charge in [0.1, 0.15) is 5.82 Å². The van der Waals surface area contributed by atoms with Crippen LogP contribution in [0.25, 0.3) is 5.69 Å². The van der Waals surface area contributed by atoms with Crippen LogP contribution in [0.3, 0.4) is 0 Å². The molecule has 0 N–H and O–H groups in total. The summed E-state index contributed by atoms with van der Waals surface area (Å²) in [4.78, 5) is 24.2. The van der Waals surface area contributed by atoms with Crippen LogP contribution < -0.4 is 0 Å². The van der Waals surface area contributed by atoms with Crippen LogP contribution in [0.2, 0.25) is 0 Å². The van der Waals surface area contributed by atoms with Gasteiger partial charge in [-0.3, -0.25) is 4.79 Å². The zero-order chi connectivity index (χ0) is 22.0. The number of piperidine rings is 1. The van der Waals surface area contributed by atoms with Gasteiger partial charge >= 0.3 is 0 Å². The lowest BCUT2D eigenvalue weighted by Gasteiger charge is -2.33. The van der Waals surface area contributed by atoms with Crippen molar-refractivity contribution in [1.29, 1.82) is 0 Å². The Hall–Kier alpha value is -2.81. The lowest BCUT2D eigenvalue weighted by atomic mass is 10.0. The Morgan fingerprint density at radius 3 is 2.55 bits per heavy atom. The SMILES string of the molecule is Cc1cc(C)nc(SCc2c(C(=O)N3CCCCC3C)nnn2-c2ccc(F)cc2)n1. The molecule has 1 amide bonds. The summed E-state index contributed by atoms with van der Waals surface area (Å²) in [6.07, 6.45) is 3.10. The second-order valence-corrected chi connectivity index (χ2v) is 8.78. The molecule has 3 heterocycles. The largest absolute Gasteiger partial charge is 0.334 e. The number of halogens is 1. The first-order chi connectivity index (χ1) is 14.9. The number of hydrogen-bond donors (Lipinski definition) is 0. The number of carbonyl (C=O) groups is 1. The third-order valence-corrected chi connectivity index (χ3v) is 6.26. The van der Waals surface area contributed by atoms with Crippen molar-refractivity contribution in [1.82, 2.24) is 29.9 Å². The summed E-state index contributed by atoms with van der Waals surface area (Å²) >= 11 is 1.43. The van der Waals surface area contributed by atoms with Crippen molar-refractivity contribution in [3.8, 4) is 5.69 Å². The molecule has 1 saturated heterocycles. The van der Waals surface area contributed by atoms with Gasteiger partial charge < -0.3 is 4.90 Å². The van der Waals surface area contributed by atoms with Crippen molar-refractivity contribution in [3.63, 3.8) is 0 Å². The molecular weight excluding hydrogens is 415 g/mol. The van der Waals surface area contributed by atoms with Gasteiger partial charge in [0.25, 0.3) is 5.91 Å². The van der Waals surface area contributed by atoms with Gasteiger partial charge in [0.2, 0.25) is 0 Å². The Balaban J connectivity index is 1.69. The van der Waals surface area contributed by atoms with Gasteiger partial charge in [-0.25, -0.2) is 19.0 Å². The van der Waals surface area contributed by atoms with E-state index in [1.54, 1.807) is 16.8 Å². The van der Waals surface area contributed by atoms with Crippen LogP contribution in [0.5, 0.6) is 0 Å². The summed E-state index contributed by atoms with van der Waals surface area (Å²) in [6, 6.07) is 8.08. The monoisotopic (exact) mass is 440 g/mol. The molecule has 7 nitrogen and oxygen atoms in total. The topological polar surface area (TPSA) is 76.8 Å². The molecule has 0 spiro atoms. The summed E-state index contributed by atoms with van der Waals surface area (Å²) in [6.45, 7) is 6.64.